The van der Waals surface area contributed by atoms with Gasteiger partial charge in [0.25, 0.3) is 0 Å². The molecule has 1 aliphatic rings. The molecule has 0 saturated heterocycles. The molecule has 10 heteroatoms. The van der Waals surface area contributed by atoms with Crippen molar-refractivity contribution in [2.75, 3.05) is 7.11 Å². The number of ether oxygens (including phenoxy) is 3. The second-order valence-electron chi connectivity index (χ2n) is 12.1. The fraction of sp³-hybridized carbons (Fsp3) is 0.484. The normalized spacial score (nSPS) is 14.5. The number of carbonyl (C=O) groups is 2. The minimum atomic E-state index is -0.584. The summed E-state index contributed by atoms with van der Waals surface area (Å²) < 4.78 is 20.8. The minimum absolute atomic E-state index is 0.235. The fourth-order valence-electron chi connectivity index (χ4n) is 4.97. The van der Waals surface area contributed by atoms with Crippen molar-refractivity contribution in [3.63, 3.8) is 0 Å². The molecule has 4 aromatic rings. The summed E-state index contributed by atoms with van der Waals surface area (Å²) in [4.78, 5) is 35.1. The van der Waals surface area contributed by atoms with Gasteiger partial charge in [0.15, 0.2) is 5.82 Å². The van der Waals surface area contributed by atoms with Gasteiger partial charge in [-0.25, -0.2) is 19.6 Å². The number of pyridine rings is 1. The number of amides is 1. The first-order valence-corrected chi connectivity index (χ1v) is 14.1. The predicted octanol–water partition coefficient (Wildman–Crippen LogP) is 6.16. The van der Waals surface area contributed by atoms with Crippen molar-refractivity contribution >= 4 is 34.1 Å². The van der Waals surface area contributed by atoms with Crippen molar-refractivity contribution in [3.05, 3.63) is 41.6 Å². The first-order valence-electron chi connectivity index (χ1n) is 14.1. The van der Waals surface area contributed by atoms with Crippen molar-refractivity contribution in [1.82, 2.24) is 24.4 Å². The number of benzene rings is 1. The Morgan fingerprint density at radius 2 is 1.83 bits per heavy atom. The predicted molar refractivity (Wildman–Crippen MR) is 157 cm³/mol. The Hall–Kier alpha value is -4.08. The molecule has 0 aliphatic heterocycles. The molecule has 1 fully saturated rings. The lowest BCUT2D eigenvalue weighted by Crippen LogP contribution is -2.34. The number of aryl methyl sites for hydroxylation is 1. The summed E-state index contributed by atoms with van der Waals surface area (Å²) in [6, 6.07) is 9.17. The monoisotopic (exact) mass is 561 g/mol. The molecule has 10 nitrogen and oxygen atoms in total. The first-order chi connectivity index (χ1) is 19.3. The van der Waals surface area contributed by atoms with E-state index in [-0.39, 0.29) is 12.1 Å². The molecule has 1 atom stereocenters. The molecule has 218 valence electrons. The number of alkyl carbamates (subject to hydrolysis) is 1. The van der Waals surface area contributed by atoms with E-state index >= 15 is 0 Å². The van der Waals surface area contributed by atoms with Gasteiger partial charge in [-0.1, -0.05) is 0 Å². The third kappa shape index (κ3) is 6.01. The van der Waals surface area contributed by atoms with Crippen LogP contribution in [0, 0.1) is 5.92 Å². The molecule has 1 aliphatic carbocycles. The van der Waals surface area contributed by atoms with Crippen LogP contribution in [-0.4, -0.2) is 50.0 Å². The molecule has 1 saturated carbocycles. The van der Waals surface area contributed by atoms with E-state index in [4.69, 9.17) is 24.2 Å². The molecule has 3 aromatic heterocycles. The zero-order chi connectivity index (χ0) is 29.6. The van der Waals surface area contributed by atoms with Gasteiger partial charge in [-0.05, 0) is 90.6 Å². The Balaban J connectivity index is 1.58. The fourth-order valence-corrected chi connectivity index (χ4v) is 4.97. The van der Waals surface area contributed by atoms with Gasteiger partial charge >= 0.3 is 12.1 Å². The van der Waals surface area contributed by atoms with Crippen LogP contribution in [-0.2, 0) is 23.1 Å². The molecule has 0 unspecified atom stereocenters. The van der Waals surface area contributed by atoms with Crippen LogP contribution >= 0.6 is 0 Å². The highest BCUT2D eigenvalue weighted by atomic mass is 16.6. The van der Waals surface area contributed by atoms with Gasteiger partial charge < -0.3 is 28.7 Å². The molecule has 1 N–H and O–H groups in total. The lowest BCUT2D eigenvalue weighted by molar-refractivity contribution is 0.0376. The Morgan fingerprint density at radius 3 is 2.46 bits per heavy atom. The number of rotatable bonds is 8. The van der Waals surface area contributed by atoms with Crippen molar-refractivity contribution in [2.24, 2.45) is 13.0 Å². The van der Waals surface area contributed by atoms with Crippen molar-refractivity contribution in [1.29, 1.82) is 0 Å². The van der Waals surface area contributed by atoms with E-state index in [9.17, 15) is 9.59 Å². The molecule has 1 amide bonds. The largest absolute Gasteiger partial charge is 0.494 e. The Labute approximate surface area is 240 Å². The number of hydrogen-bond acceptors (Lipinski definition) is 7. The summed E-state index contributed by atoms with van der Waals surface area (Å²) in [7, 11) is 3.53. The van der Waals surface area contributed by atoms with Crippen LogP contribution in [0.5, 0.6) is 5.75 Å². The zero-order valence-corrected chi connectivity index (χ0v) is 25.1. The van der Waals surface area contributed by atoms with Crippen LogP contribution in [0.4, 0.5) is 4.79 Å². The molecular formula is C31H39N5O5. The number of methoxy groups -OCH3 is 1. The molecular weight excluding hydrogens is 522 g/mol. The van der Waals surface area contributed by atoms with Gasteiger partial charge in [0.2, 0.25) is 0 Å². The summed E-state index contributed by atoms with van der Waals surface area (Å²) in [5, 5.41) is 3.87. The number of imidazole rings is 1. The maximum Gasteiger partial charge on any atom is 0.408 e. The van der Waals surface area contributed by atoms with Crippen molar-refractivity contribution in [2.45, 2.75) is 78.7 Å². The van der Waals surface area contributed by atoms with E-state index in [1.54, 1.807) is 19.2 Å². The second-order valence-corrected chi connectivity index (χ2v) is 12.1. The highest BCUT2D eigenvalue weighted by molar-refractivity contribution is 5.97. The quantitative estimate of drug-likeness (QED) is 0.257. The zero-order valence-electron chi connectivity index (χ0n) is 25.1. The van der Waals surface area contributed by atoms with Gasteiger partial charge in [-0.15, -0.1) is 0 Å². The number of fused-ring (bicyclic) bond motifs is 2. The van der Waals surface area contributed by atoms with Crippen LogP contribution in [0.3, 0.4) is 0 Å². The van der Waals surface area contributed by atoms with Crippen LogP contribution in [0.25, 0.3) is 33.6 Å². The standard InChI is InChI=1S/C31H39N5O5/c1-17(2)40-29(37)21-13-23-26(25(15-21)39-8)35(7)28(34-23)24-14-20-11-12-22(18(3)32-30(38)41-31(4,5)6)33-27(20)36(24)16-19-9-10-19/h11-15,17-19H,9-10,16H2,1-8H3,(H,32,38)/t18-/m1/s1. The van der Waals surface area contributed by atoms with E-state index in [2.05, 4.69) is 16.0 Å². The molecule has 41 heavy (non-hydrogen) atoms. The summed E-state index contributed by atoms with van der Waals surface area (Å²) in [5.74, 6) is 1.45. The van der Waals surface area contributed by atoms with Gasteiger partial charge in [0, 0.05) is 19.0 Å². The highest BCUT2D eigenvalue weighted by Gasteiger charge is 2.27. The van der Waals surface area contributed by atoms with Crippen LogP contribution in [0.2, 0.25) is 0 Å². The SMILES string of the molecule is COc1cc(C(=O)OC(C)C)cc2nc(-c3cc4ccc([C@@H](C)NC(=O)OC(C)(C)C)nc4n3CC3CC3)n(C)c12. The van der Waals surface area contributed by atoms with Crippen molar-refractivity contribution < 1.29 is 23.8 Å². The third-order valence-electron chi connectivity index (χ3n) is 7.04. The molecule has 0 bridgehead atoms. The van der Waals surface area contributed by atoms with Crippen LogP contribution in [0.15, 0.2) is 30.3 Å². The Bertz CT molecular complexity index is 1620. The lowest BCUT2D eigenvalue weighted by Gasteiger charge is -2.22. The van der Waals surface area contributed by atoms with Gasteiger partial charge in [0.05, 0.1) is 41.7 Å². The van der Waals surface area contributed by atoms with Crippen LogP contribution in [0.1, 0.15) is 76.5 Å². The number of nitrogens with one attached hydrogen (secondary N) is 1. The summed E-state index contributed by atoms with van der Waals surface area (Å²) in [6.07, 6.45) is 1.63. The van der Waals surface area contributed by atoms with Crippen LogP contribution < -0.4 is 10.1 Å². The van der Waals surface area contributed by atoms with E-state index in [1.165, 1.54) is 12.8 Å². The van der Waals surface area contributed by atoms with E-state index in [0.717, 1.165) is 40.3 Å². The molecule has 5 rings (SSSR count). The average molecular weight is 562 g/mol. The summed E-state index contributed by atoms with van der Waals surface area (Å²) >= 11 is 0. The van der Waals surface area contributed by atoms with Gasteiger partial charge in [-0.3, -0.25) is 0 Å². The van der Waals surface area contributed by atoms with Gasteiger partial charge in [-0.2, -0.15) is 0 Å². The molecule has 3 heterocycles. The van der Waals surface area contributed by atoms with Crippen molar-refractivity contribution in [3.8, 4) is 17.3 Å². The third-order valence-corrected chi connectivity index (χ3v) is 7.04. The molecule has 1 aromatic carbocycles. The number of carbonyl (C=O) groups excluding carboxylic acids is 2. The van der Waals surface area contributed by atoms with Gasteiger partial charge in [0.1, 0.15) is 22.5 Å². The molecule has 0 radical (unpaired) electrons. The van der Waals surface area contributed by atoms with E-state index < -0.39 is 17.7 Å². The number of hydrogen-bond donors (Lipinski definition) is 1. The topological polar surface area (TPSA) is 110 Å². The number of nitrogens with zero attached hydrogens (tertiary/aromatic N) is 4. The number of esters is 1. The molecule has 0 spiro atoms. The van der Waals surface area contributed by atoms with E-state index in [0.29, 0.717) is 22.7 Å². The smallest absolute Gasteiger partial charge is 0.408 e. The summed E-state index contributed by atoms with van der Waals surface area (Å²) in [5.41, 5.74) is 3.74. The highest BCUT2D eigenvalue weighted by Crippen LogP contribution is 2.38. The maximum atomic E-state index is 12.7. The first kappa shape index (κ1) is 28.4. The lowest BCUT2D eigenvalue weighted by atomic mass is 10.2. The number of aromatic nitrogens is 4. The Morgan fingerprint density at radius 1 is 1.10 bits per heavy atom. The average Bonchev–Trinajstić information content (AvgIpc) is 3.55. The van der Waals surface area contributed by atoms with E-state index in [1.807, 2.05) is 65.3 Å². The Kier molecular flexibility index (Phi) is 7.44. The maximum absolute atomic E-state index is 12.7. The second kappa shape index (κ2) is 10.7. The minimum Gasteiger partial charge on any atom is -0.494 e. The summed E-state index contributed by atoms with van der Waals surface area (Å²) in [6.45, 7) is 11.9.